The molecule has 7 rings (SSSR count). The summed E-state index contributed by atoms with van der Waals surface area (Å²) in [5.41, 5.74) is -0.0116. The molecule has 5 aromatic rings. The van der Waals surface area contributed by atoms with Gasteiger partial charge in [0.2, 0.25) is 11.5 Å². The minimum absolute atomic E-state index is 0.0142. The molecule has 1 unspecified atom stereocenters. The number of primary amides is 1. The van der Waals surface area contributed by atoms with Gasteiger partial charge in [0.1, 0.15) is 40.5 Å². The van der Waals surface area contributed by atoms with E-state index in [0.29, 0.717) is 21.0 Å². The van der Waals surface area contributed by atoms with E-state index in [1.807, 2.05) is 0 Å². The zero-order valence-corrected chi connectivity index (χ0v) is 25.8. The average molecular weight is 670 g/mol. The average Bonchev–Trinajstić information content (AvgIpc) is 3.50. The van der Waals surface area contributed by atoms with Crippen LogP contribution >= 0.6 is 11.3 Å². The Kier molecular flexibility index (Phi) is 6.99. The van der Waals surface area contributed by atoms with Gasteiger partial charge in [0.15, 0.2) is 0 Å². The van der Waals surface area contributed by atoms with Gasteiger partial charge < -0.3 is 25.6 Å². The van der Waals surface area contributed by atoms with E-state index in [-0.39, 0.29) is 46.5 Å². The fourth-order valence-corrected chi connectivity index (χ4v) is 6.67. The summed E-state index contributed by atoms with van der Waals surface area (Å²) in [5.74, 6) is -2.14. The smallest absolute Gasteiger partial charge is 0.424 e. The fourth-order valence-electron chi connectivity index (χ4n) is 5.75. The van der Waals surface area contributed by atoms with Crippen molar-refractivity contribution in [2.75, 3.05) is 20.3 Å². The van der Waals surface area contributed by atoms with E-state index < -0.39 is 47.1 Å². The summed E-state index contributed by atoms with van der Waals surface area (Å²) in [5, 5.41) is 20.6. The molecule has 10 nitrogen and oxygen atoms in total. The highest BCUT2D eigenvalue weighted by Gasteiger charge is 2.58. The SMILES string of the molecule is COc1cc(C(=O)NCC(O)(c2cc3c(c(-c4csc5ccc(F)cc45)n2)OC[C@]3(C)C(N)=O)C(F)(F)F)cc2cn(C3CC3)nc12. The van der Waals surface area contributed by atoms with Crippen LogP contribution in [0.4, 0.5) is 17.6 Å². The summed E-state index contributed by atoms with van der Waals surface area (Å²) >= 11 is 1.20. The maximum atomic E-state index is 14.9. The van der Waals surface area contributed by atoms with Crippen molar-refractivity contribution in [3.63, 3.8) is 0 Å². The lowest BCUT2D eigenvalue weighted by Crippen LogP contribution is -2.51. The number of carbonyl (C=O) groups is 2. The number of carbonyl (C=O) groups excluding carboxylic acids is 2. The molecule has 4 N–H and O–H groups in total. The van der Waals surface area contributed by atoms with Crippen LogP contribution in [-0.4, -0.2) is 58.1 Å². The zero-order chi connectivity index (χ0) is 33.5. The molecule has 15 heteroatoms. The number of aromatic nitrogens is 3. The van der Waals surface area contributed by atoms with Crippen molar-refractivity contribution in [3.05, 3.63) is 70.6 Å². The van der Waals surface area contributed by atoms with Gasteiger partial charge >= 0.3 is 6.18 Å². The lowest BCUT2D eigenvalue weighted by Gasteiger charge is -2.31. The predicted octanol–water partition coefficient (Wildman–Crippen LogP) is 5.11. The molecular weight excluding hydrogens is 642 g/mol. The third kappa shape index (κ3) is 4.95. The Hall–Kier alpha value is -4.76. The molecule has 1 aliphatic heterocycles. The number of amides is 2. The summed E-state index contributed by atoms with van der Waals surface area (Å²) in [6, 6.07) is 7.97. The maximum absolute atomic E-state index is 14.9. The second kappa shape index (κ2) is 10.6. The predicted molar refractivity (Wildman–Crippen MR) is 164 cm³/mol. The highest BCUT2D eigenvalue weighted by molar-refractivity contribution is 7.17. The Morgan fingerprint density at radius 2 is 2.00 bits per heavy atom. The highest BCUT2D eigenvalue weighted by atomic mass is 32.1. The number of nitrogens with two attached hydrogens (primary N) is 1. The van der Waals surface area contributed by atoms with Crippen molar-refractivity contribution in [1.82, 2.24) is 20.1 Å². The first-order chi connectivity index (χ1) is 22.2. The van der Waals surface area contributed by atoms with Crippen molar-refractivity contribution in [1.29, 1.82) is 0 Å². The number of methoxy groups -OCH3 is 1. The van der Waals surface area contributed by atoms with Crippen LogP contribution in [0.1, 0.15) is 47.4 Å². The summed E-state index contributed by atoms with van der Waals surface area (Å²) in [7, 11) is 1.39. The number of benzene rings is 2. The highest BCUT2D eigenvalue weighted by Crippen LogP contribution is 2.49. The Morgan fingerprint density at radius 3 is 2.68 bits per heavy atom. The number of halogens is 4. The quantitative estimate of drug-likeness (QED) is 0.195. The number of fused-ring (bicyclic) bond motifs is 3. The van der Waals surface area contributed by atoms with Gasteiger partial charge in [0.25, 0.3) is 5.91 Å². The first-order valence-electron chi connectivity index (χ1n) is 14.5. The molecule has 1 fully saturated rings. The van der Waals surface area contributed by atoms with Gasteiger partial charge in [-0.1, -0.05) is 0 Å². The molecule has 244 valence electrons. The molecule has 2 atom stereocenters. The third-order valence-corrected chi connectivity index (χ3v) is 9.76. The summed E-state index contributed by atoms with van der Waals surface area (Å²) in [4.78, 5) is 30.1. The van der Waals surface area contributed by atoms with Gasteiger partial charge in [-0.3, -0.25) is 14.3 Å². The van der Waals surface area contributed by atoms with Crippen molar-refractivity contribution < 1.29 is 41.7 Å². The Balaban J connectivity index is 1.31. The summed E-state index contributed by atoms with van der Waals surface area (Å²) in [6.07, 6.45) is -1.70. The second-order valence-electron chi connectivity index (χ2n) is 12.0. The number of hydrogen-bond donors (Lipinski definition) is 3. The number of nitrogens with zero attached hydrogens (tertiary/aromatic N) is 3. The first-order valence-corrected chi connectivity index (χ1v) is 15.4. The maximum Gasteiger partial charge on any atom is 0.424 e. The molecule has 1 aliphatic carbocycles. The number of rotatable bonds is 8. The number of hydrogen-bond acceptors (Lipinski definition) is 8. The number of nitrogens with one attached hydrogen (secondary N) is 1. The number of aliphatic hydroxyl groups is 1. The Labute approximate surface area is 268 Å². The Bertz CT molecular complexity index is 2110. The van der Waals surface area contributed by atoms with Crippen molar-refractivity contribution in [2.24, 2.45) is 5.73 Å². The number of thiophene rings is 1. The van der Waals surface area contributed by atoms with Crippen molar-refractivity contribution in [3.8, 4) is 22.8 Å². The summed E-state index contributed by atoms with van der Waals surface area (Å²) < 4.78 is 72.5. The van der Waals surface area contributed by atoms with Gasteiger partial charge in [-0.15, -0.1) is 11.3 Å². The molecule has 4 heterocycles. The molecule has 0 spiro atoms. The van der Waals surface area contributed by atoms with E-state index in [2.05, 4.69) is 15.4 Å². The minimum atomic E-state index is -5.36. The van der Waals surface area contributed by atoms with Crippen LogP contribution in [0.15, 0.2) is 48.0 Å². The van der Waals surface area contributed by atoms with E-state index in [4.69, 9.17) is 15.2 Å². The Morgan fingerprint density at radius 1 is 1.23 bits per heavy atom. The molecule has 0 saturated heterocycles. The molecule has 3 aromatic heterocycles. The first kappa shape index (κ1) is 30.9. The molecule has 47 heavy (non-hydrogen) atoms. The van der Waals surface area contributed by atoms with Crippen molar-refractivity contribution >= 4 is 44.1 Å². The molecule has 2 aromatic carbocycles. The molecule has 2 amide bonds. The monoisotopic (exact) mass is 669 g/mol. The van der Waals surface area contributed by atoms with Crippen LogP contribution in [0.25, 0.3) is 32.2 Å². The lowest BCUT2D eigenvalue weighted by molar-refractivity contribution is -0.265. The number of pyridine rings is 1. The molecule has 0 bridgehead atoms. The second-order valence-corrected chi connectivity index (χ2v) is 12.9. The normalized spacial score (nSPS) is 19.0. The van der Waals surface area contributed by atoms with E-state index in [1.54, 1.807) is 16.3 Å². The van der Waals surface area contributed by atoms with Crippen LogP contribution in [-0.2, 0) is 15.8 Å². The molecule has 1 saturated carbocycles. The molecule has 2 aliphatic rings. The zero-order valence-electron chi connectivity index (χ0n) is 24.9. The van der Waals surface area contributed by atoms with E-state index in [9.17, 15) is 32.3 Å². The van der Waals surface area contributed by atoms with Crippen LogP contribution in [0.5, 0.6) is 11.5 Å². The molecule has 0 radical (unpaired) electrons. The van der Waals surface area contributed by atoms with Crippen LogP contribution in [0.3, 0.4) is 0 Å². The van der Waals surface area contributed by atoms with Gasteiger partial charge in [-0.25, -0.2) is 9.37 Å². The van der Waals surface area contributed by atoms with Gasteiger partial charge in [0.05, 0.1) is 25.4 Å². The fraction of sp³-hybridized carbons (Fsp3) is 0.312. The topological polar surface area (TPSA) is 142 Å². The summed E-state index contributed by atoms with van der Waals surface area (Å²) in [6.45, 7) is -0.228. The van der Waals surface area contributed by atoms with Crippen LogP contribution in [0.2, 0.25) is 0 Å². The van der Waals surface area contributed by atoms with Crippen LogP contribution < -0.4 is 20.5 Å². The molecular formula is C32H27F4N5O5S. The van der Waals surface area contributed by atoms with E-state index >= 15 is 0 Å². The largest absolute Gasteiger partial charge is 0.494 e. The number of alkyl halides is 3. The van der Waals surface area contributed by atoms with E-state index in [1.165, 1.54) is 55.7 Å². The standard InChI is InChI=1S/C32H27F4N5O5S/c1-30(29(37)43)14-46-27-21(30)10-24(39-26(27)20-12-47-23-6-3-17(33)9-19(20)23)31(44,32(34,35)36)13-38-28(42)15-7-16-11-41(18-4-5-18)40-25(16)22(8-15)45-2/h3,6-12,18,44H,4-5,13-14H2,1-2H3,(H2,37,43)(H,38,42)/t30-,31?/m0/s1. The number of ether oxygens (including phenoxy) is 2. The van der Waals surface area contributed by atoms with Crippen LogP contribution in [0, 0.1) is 5.82 Å². The minimum Gasteiger partial charge on any atom is -0.494 e. The van der Waals surface area contributed by atoms with Crippen molar-refractivity contribution in [2.45, 2.75) is 43.0 Å². The van der Waals surface area contributed by atoms with Gasteiger partial charge in [-0.2, -0.15) is 18.3 Å². The lowest BCUT2D eigenvalue weighted by atomic mass is 9.81. The van der Waals surface area contributed by atoms with E-state index in [0.717, 1.165) is 18.9 Å². The third-order valence-electron chi connectivity index (χ3n) is 8.80. The van der Waals surface area contributed by atoms with Gasteiger partial charge in [-0.05, 0) is 56.2 Å². The van der Waals surface area contributed by atoms with Gasteiger partial charge in [0, 0.05) is 43.7 Å².